The first-order valence-electron chi connectivity index (χ1n) is 6.57. The second-order valence-electron chi connectivity index (χ2n) is 5.69. The number of rotatable bonds is 7. The van der Waals surface area contributed by atoms with Crippen molar-refractivity contribution in [3.8, 4) is 0 Å². The highest BCUT2D eigenvalue weighted by atomic mass is 32.1. The Morgan fingerprint density at radius 3 is 2.64 bits per heavy atom. The SMILES string of the molecule is CNC(=O)CC(OC(C)(C)C)C(N)(C=O)Nc1n[nH]c(=S)s1. The van der Waals surface area contributed by atoms with E-state index in [0.717, 1.165) is 11.3 Å². The predicted octanol–water partition coefficient (Wildman–Crippen LogP) is 0.786. The number of ether oxygens (including phenoxy) is 1. The van der Waals surface area contributed by atoms with Gasteiger partial charge in [-0.1, -0.05) is 11.3 Å². The van der Waals surface area contributed by atoms with E-state index in [1.807, 2.05) is 20.8 Å². The third kappa shape index (κ3) is 5.44. The fourth-order valence-electron chi connectivity index (χ4n) is 1.66. The molecule has 10 heteroatoms. The van der Waals surface area contributed by atoms with Gasteiger partial charge in [0.15, 0.2) is 15.9 Å². The standard InChI is InChI=1S/C12H21N5O3S2/c1-11(2,3)20-7(5-8(19)14-4)12(13,6-18)15-9-16-17-10(21)22-9/h6-7H,5,13H2,1-4H3,(H,14,19)(H,15,16)(H,17,21). The Morgan fingerprint density at radius 2 is 2.23 bits per heavy atom. The van der Waals surface area contributed by atoms with Crippen molar-refractivity contribution in [1.29, 1.82) is 0 Å². The quantitative estimate of drug-likeness (QED) is 0.327. The van der Waals surface area contributed by atoms with Crippen LogP contribution in [0.2, 0.25) is 0 Å². The summed E-state index contributed by atoms with van der Waals surface area (Å²) in [6.45, 7) is 5.44. The van der Waals surface area contributed by atoms with Gasteiger partial charge in [0.1, 0.15) is 6.10 Å². The molecule has 2 atom stereocenters. The van der Waals surface area contributed by atoms with Gasteiger partial charge in [-0.3, -0.25) is 14.7 Å². The molecule has 0 fully saturated rings. The number of anilines is 1. The topological polar surface area (TPSA) is 122 Å². The fourth-order valence-corrected chi connectivity index (χ4v) is 2.53. The lowest BCUT2D eigenvalue weighted by Crippen LogP contribution is -2.61. The van der Waals surface area contributed by atoms with Crippen molar-refractivity contribution in [1.82, 2.24) is 15.5 Å². The van der Waals surface area contributed by atoms with E-state index >= 15 is 0 Å². The van der Waals surface area contributed by atoms with Crippen LogP contribution in [0, 0.1) is 3.95 Å². The van der Waals surface area contributed by atoms with E-state index < -0.39 is 17.4 Å². The summed E-state index contributed by atoms with van der Waals surface area (Å²) >= 11 is 6.07. The molecule has 1 rings (SSSR count). The molecule has 22 heavy (non-hydrogen) atoms. The Kier molecular flexibility index (Phi) is 6.17. The van der Waals surface area contributed by atoms with Gasteiger partial charge in [-0.25, -0.2) is 0 Å². The van der Waals surface area contributed by atoms with E-state index in [2.05, 4.69) is 20.8 Å². The summed E-state index contributed by atoms with van der Waals surface area (Å²) in [5.74, 6) is -0.289. The summed E-state index contributed by atoms with van der Waals surface area (Å²) in [5.41, 5.74) is 3.92. The van der Waals surface area contributed by atoms with Crippen molar-refractivity contribution in [2.45, 2.75) is 44.6 Å². The average molecular weight is 347 g/mol. The number of amides is 1. The first-order valence-corrected chi connectivity index (χ1v) is 7.79. The van der Waals surface area contributed by atoms with Crippen LogP contribution in [-0.4, -0.2) is 46.8 Å². The molecule has 0 aliphatic heterocycles. The van der Waals surface area contributed by atoms with Crippen molar-refractivity contribution < 1.29 is 14.3 Å². The number of carbonyl (C=O) groups is 2. The van der Waals surface area contributed by atoms with Crippen LogP contribution in [0.4, 0.5) is 5.13 Å². The van der Waals surface area contributed by atoms with E-state index in [1.54, 1.807) is 0 Å². The molecule has 0 aliphatic rings. The van der Waals surface area contributed by atoms with Gasteiger partial charge in [0.2, 0.25) is 11.0 Å². The lowest BCUT2D eigenvalue weighted by atomic mass is 10.0. The monoisotopic (exact) mass is 347 g/mol. The molecule has 0 saturated carbocycles. The maximum absolute atomic E-state index is 11.7. The highest BCUT2D eigenvalue weighted by molar-refractivity contribution is 7.73. The number of aromatic amines is 1. The minimum Gasteiger partial charge on any atom is -0.368 e. The maximum atomic E-state index is 11.7. The number of aromatic nitrogens is 2. The molecule has 5 N–H and O–H groups in total. The molecule has 0 spiro atoms. The highest BCUT2D eigenvalue weighted by Gasteiger charge is 2.40. The number of nitrogens with two attached hydrogens (primary N) is 1. The van der Waals surface area contributed by atoms with Crippen LogP contribution in [0.5, 0.6) is 0 Å². The minimum atomic E-state index is -1.62. The van der Waals surface area contributed by atoms with Crippen LogP contribution in [-0.2, 0) is 14.3 Å². The van der Waals surface area contributed by atoms with Gasteiger partial charge in [-0.2, -0.15) is 0 Å². The Labute approximate surface area is 137 Å². The zero-order chi connectivity index (χ0) is 17.0. The lowest BCUT2D eigenvalue weighted by Gasteiger charge is -2.37. The van der Waals surface area contributed by atoms with E-state index in [9.17, 15) is 9.59 Å². The molecule has 1 aromatic heterocycles. The van der Waals surface area contributed by atoms with Crippen LogP contribution in [0.25, 0.3) is 0 Å². The number of hydrogen-bond acceptors (Lipinski definition) is 8. The smallest absolute Gasteiger partial charge is 0.222 e. The fraction of sp³-hybridized carbons (Fsp3) is 0.667. The Morgan fingerprint density at radius 1 is 1.59 bits per heavy atom. The van der Waals surface area contributed by atoms with Gasteiger partial charge >= 0.3 is 0 Å². The minimum absolute atomic E-state index is 0.0775. The lowest BCUT2D eigenvalue weighted by molar-refractivity contribution is -0.135. The van der Waals surface area contributed by atoms with Crippen LogP contribution in [0.3, 0.4) is 0 Å². The number of H-pyrrole nitrogens is 1. The number of carbonyl (C=O) groups excluding carboxylic acids is 2. The molecule has 124 valence electrons. The molecule has 0 bridgehead atoms. The van der Waals surface area contributed by atoms with E-state index in [-0.39, 0.29) is 12.3 Å². The number of nitrogens with zero attached hydrogens (tertiary/aromatic N) is 1. The molecule has 0 aromatic carbocycles. The van der Waals surface area contributed by atoms with Crippen molar-refractivity contribution in [2.24, 2.45) is 5.73 Å². The first-order chi connectivity index (χ1) is 10.1. The summed E-state index contributed by atoms with van der Waals surface area (Å²) in [5, 5.41) is 12.1. The van der Waals surface area contributed by atoms with Gasteiger partial charge < -0.3 is 21.1 Å². The van der Waals surface area contributed by atoms with Gasteiger partial charge in [0, 0.05) is 7.05 Å². The van der Waals surface area contributed by atoms with Crippen molar-refractivity contribution in [2.75, 3.05) is 12.4 Å². The van der Waals surface area contributed by atoms with Crippen molar-refractivity contribution in [3.63, 3.8) is 0 Å². The van der Waals surface area contributed by atoms with Gasteiger partial charge in [-0.05, 0) is 33.0 Å². The highest BCUT2D eigenvalue weighted by Crippen LogP contribution is 2.23. The normalized spacial score (nSPS) is 15.7. The molecule has 2 unspecified atom stereocenters. The van der Waals surface area contributed by atoms with Gasteiger partial charge in [-0.15, -0.1) is 5.10 Å². The second-order valence-corrected chi connectivity index (χ2v) is 7.36. The van der Waals surface area contributed by atoms with E-state index in [4.69, 9.17) is 22.7 Å². The van der Waals surface area contributed by atoms with Gasteiger partial charge in [0.25, 0.3) is 0 Å². The largest absolute Gasteiger partial charge is 0.368 e. The van der Waals surface area contributed by atoms with Crippen LogP contribution < -0.4 is 16.4 Å². The van der Waals surface area contributed by atoms with E-state index in [0.29, 0.717) is 15.4 Å². The summed E-state index contributed by atoms with van der Waals surface area (Å²) in [4.78, 5) is 23.3. The Bertz CT molecular complexity index is 580. The number of nitrogens with one attached hydrogen (secondary N) is 3. The molecule has 0 saturated heterocycles. The third-order valence-corrected chi connectivity index (χ3v) is 3.64. The molecule has 0 aliphatic carbocycles. The Hall–Kier alpha value is -1.36. The zero-order valence-electron chi connectivity index (χ0n) is 12.9. The van der Waals surface area contributed by atoms with Crippen LogP contribution in [0.1, 0.15) is 27.2 Å². The summed E-state index contributed by atoms with van der Waals surface area (Å²) in [7, 11) is 1.50. The average Bonchev–Trinajstić information content (AvgIpc) is 2.81. The van der Waals surface area contributed by atoms with Crippen LogP contribution >= 0.6 is 23.6 Å². The van der Waals surface area contributed by atoms with E-state index in [1.165, 1.54) is 7.05 Å². The zero-order valence-corrected chi connectivity index (χ0v) is 14.6. The summed E-state index contributed by atoms with van der Waals surface area (Å²) < 4.78 is 6.25. The maximum Gasteiger partial charge on any atom is 0.222 e. The van der Waals surface area contributed by atoms with Crippen molar-refractivity contribution >= 4 is 40.9 Å². The predicted molar refractivity (Wildman–Crippen MR) is 87.2 cm³/mol. The van der Waals surface area contributed by atoms with Crippen LogP contribution in [0.15, 0.2) is 0 Å². The summed E-state index contributed by atoms with van der Waals surface area (Å²) in [6, 6.07) is 0. The Balaban J connectivity index is 3.06. The molecule has 0 radical (unpaired) electrons. The molecule has 1 aromatic rings. The third-order valence-electron chi connectivity index (χ3n) is 2.63. The molecular weight excluding hydrogens is 326 g/mol. The molecule has 1 heterocycles. The number of aldehydes is 1. The van der Waals surface area contributed by atoms with Crippen molar-refractivity contribution in [3.05, 3.63) is 3.95 Å². The number of hydrogen-bond donors (Lipinski definition) is 4. The summed E-state index contributed by atoms with van der Waals surface area (Å²) in [6.07, 6.45) is -0.453. The molecular formula is C12H21N5O3S2. The second kappa shape index (κ2) is 7.27. The first kappa shape index (κ1) is 18.7. The molecule has 1 amide bonds. The van der Waals surface area contributed by atoms with Gasteiger partial charge in [0.05, 0.1) is 12.0 Å². The molecule has 8 nitrogen and oxygen atoms in total.